The van der Waals surface area contributed by atoms with Gasteiger partial charge in [-0.3, -0.25) is 19.2 Å². The van der Waals surface area contributed by atoms with Crippen LogP contribution >= 0.6 is 11.6 Å². The van der Waals surface area contributed by atoms with E-state index >= 15 is 0 Å². The molecule has 4 amide bonds. The quantitative estimate of drug-likeness (QED) is 0.0117. The number of ether oxygens (including phenoxy) is 6. The zero-order chi connectivity index (χ0) is 61.2. The molecule has 4 aromatic carbocycles. The van der Waals surface area contributed by atoms with Crippen LogP contribution in [0.25, 0.3) is 11.1 Å². The van der Waals surface area contributed by atoms with E-state index in [2.05, 4.69) is 61.0 Å². The molecule has 0 aromatic heterocycles. The van der Waals surface area contributed by atoms with Gasteiger partial charge in [0.15, 0.2) is 0 Å². The van der Waals surface area contributed by atoms with Crippen molar-refractivity contribution in [2.24, 2.45) is 11.3 Å². The number of carbonyl (C=O) groups excluding carboxylic acids is 4. The number of nitrogens with one attached hydrogen (secondary N) is 3. The Morgan fingerprint density at radius 2 is 1.29 bits per heavy atom. The van der Waals surface area contributed by atoms with Gasteiger partial charge in [0.25, 0.3) is 17.7 Å². The molecule has 3 N–H and O–H groups in total. The Kier molecular flexibility index (Phi) is 30.5. The average Bonchev–Trinajstić information content (AvgIpc) is 1.40. The van der Waals surface area contributed by atoms with Crippen LogP contribution in [-0.4, -0.2) is 140 Å². The van der Waals surface area contributed by atoms with E-state index in [-0.39, 0.29) is 97.5 Å². The molecule has 2 heterocycles. The minimum atomic E-state index is -3.20. The molecule has 16 nitrogen and oxygen atoms in total. The van der Waals surface area contributed by atoms with Gasteiger partial charge in [-0.15, -0.1) is 5.41 Å². The van der Waals surface area contributed by atoms with Gasteiger partial charge in [-0.2, -0.15) is 14.0 Å². The Labute approximate surface area is 518 Å². The van der Waals surface area contributed by atoms with Crippen LogP contribution in [0.15, 0.2) is 115 Å². The number of anilines is 2. The molecule has 4 aromatic rings. The summed E-state index contributed by atoms with van der Waals surface area (Å²) >= 11 is 6.13. The van der Waals surface area contributed by atoms with Crippen molar-refractivity contribution < 1.29 is 75.2 Å². The SMILES string of the molecule is C=C(C)C(F)(F)c1ccc(C2CC(C(=O)NCCOCCOCCOCCOCCOCCNC(=O)c3ccc(-c4ccc5c(c4)[C@H](Nc4ccc(Cl)cc4)C[C@H](C)N5C(C)=O)cc3)CN(C(=O)/C(C#N)=C/C([CH2-])(C)C)C2)cc1.[CH2-]COC[CH2-].[Li+]. The van der Waals surface area contributed by atoms with Gasteiger partial charge in [0, 0.05) is 72.6 Å². The van der Waals surface area contributed by atoms with Crippen LogP contribution in [0.4, 0.5) is 20.2 Å². The van der Waals surface area contributed by atoms with Crippen LogP contribution < -0.4 is 39.7 Å². The fourth-order valence-electron chi connectivity index (χ4n) is 9.65. The van der Waals surface area contributed by atoms with Crippen molar-refractivity contribution in [3.8, 4) is 17.2 Å². The third-order valence-corrected chi connectivity index (χ3v) is 14.1. The maximum absolute atomic E-state index is 14.6. The second-order valence-electron chi connectivity index (χ2n) is 21.2. The number of carbonyl (C=O) groups is 4. The standard InChI is InChI=1S/C61H74ClF2N6O9.C4H8O.Li/c1-41(2)61(63,64)51-15-12-45(13-16-51)48-35-49(40-69(39-48)59(74)50(38-65)37-60(5,6)7)58(73)67-23-25-76-27-29-78-31-33-79-32-30-77-28-26-75-24-22-66-57(72)46-10-8-44(9-11-46)47-14-21-56-54(36-47)55(34-42(3)70(56)43(4)71)68-53-19-17-52(62)18-20-53;1-3-5-4-2;/h8-21,36-37,42,48-49,55,68H,1,5,22-35,39-40H2,2-4,6-7H3,(H,66,72)(H,67,73);1-4H2;/q-1;-2;+1/b50-37+;;/t42-,48?,49?,55+;;/m0../s1. The van der Waals surface area contributed by atoms with Crippen LogP contribution in [0, 0.1) is 43.4 Å². The molecule has 2 aliphatic rings. The average molecular weight is 1190 g/mol. The number of rotatable bonds is 30. The molecule has 2 unspecified atom stereocenters. The molecule has 2 aliphatic heterocycles. The van der Waals surface area contributed by atoms with Gasteiger partial charge in [0.1, 0.15) is 11.6 Å². The first-order chi connectivity index (χ1) is 40.2. The zero-order valence-corrected chi connectivity index (χ0v) is 50.9. The topological polar surface area (TPSA) is 190 Å². The Morgan fingerprint density at radius 3 is 1.80 bits per heavy atom. The van der Waals surface area contributed by atoms with Crippen molar-refractivity contribution in [2.45, 2.75) is 71.4 Å². The molecule has 456 valence electrons. The first-order valence-electron chi connectivity index (χ1n) is 28.3. The molecule has 1 fully saturated rings. The fourth-order valence-corrected chi connectivity index (χ4v) is 9.77. The van der Waals surface area contributed by atoms with Gasteiger partial charge >= 0.3 is 18.9 Å². The maximum Gasteiger partial charge on any atom is 1.00 e. The molecule has 1 saturated heterocycles. The predicted molar refractivity (Wildman–Crippen MR) is 323 cm³/mol. The number of amides is 4. The molecule has 0 bridgehead atoms. The van der Waals surface area contributed by atoms with Gasteiger partial charge < -0.3 is 74.9 Å². The molecule has 0 radical (unpaired) electrons. The number of hydrogen-bond acceptors (Lipinski definition) is 12. The number of halogens is 3. The molecule has 85 heavy (non-hydrogen) atoms. The summed E-state index contributed by atoms with van der Waals surface area (Å²) in [6.45, 7) is 27.9. The molecular weight excluding hydrogens is 1110 g/mol. The normalized spacial score (nSPS) is 16.8. The van der Waals surface area contributed by atoms with Crippen molar-refractivity contribution in [1.82, 2.24) is 15.5 Å². The summed E-state index contributed by atoms with van der Waals surface area (Å²) in [6, 6.07) is 29.0. The molecular formula is C65H82ClF2LiN6O10-2. The minimum absolute atomic E-state index is 0. The summed E-state index contributed by atoms with van der Waals surface area (Å²) in [7, 11) is 0. The van der Waals surface area contributed by atoms with E-state index < -0.39 is 23.2 Å². The van der Waals surface area contributed by atoms with Crippen molar-refractivity contribution in [2.75, 3.05) is 116 Å². The molecule has 0 saturated carbocycles. The maximum atomic E-state index is 14.6. The predicted octanol–water partition coefficient (Wildman–Crippen LogP) is 7.52. The van der Waals surface area contributed by atoms with Crippen molar-refractivity contribution in [1.29, 1.82) is 5.26 Å². The Bertz CT molecular complexity index is 2830. The fraction of sp³-hybridized carbons (Fsp3) is 0.446. The summed E-state index contributed by atoms with van der Waals surface area (Å²) in [6.07, 6.45) is 2.61. The van der Waals surface area contributed by atoms with Gasteiger partial charge in [-0.1, -0.05) is 93.8 Å². The van der Waals surface area contributed by atoms with Crippen LogP contribution in [0.2, 0.25) is 5.02 Å². The van der Waals surface area contributed by atoms with E-state index in [0.717, 1.165) is 34.5 Å². The second-order valence-corrected chi connectivity index (χ2v) is 21.7. The van der Waals surface area contributed by atoms with Crippen molar-refractivity contribution in [3.05, 3.63) is 163 Å². The second kappa shape index (κ2) is 36.2. The first-order valence-corrected chi connectivity index (χ1v) is 28.6. The number of benzene rings is 4. The van der Waals surface area contributed by atoms with Gasteiger partial charge in [0.2, 0.25) is 11.8 Å². The van der Waals surface area contributed by atoms with Gasteiger partial charge in [0.05, 0.1) is 78.0 Å². The van der Waals surface area contributed by atoms with Gasteiger partial charge in [-0.25, -0.2) is 0 Å². The Morgan fingerprint density at radius 1 is 0.753 bits per heavy atom. The number of alkyl halides is 2. The monoisotopic (exact) mass is 1190 g/mol. The molecule has 20 heteroatoms. The zero-order valence-electron chi connectivity index (χ0n) is 50.2. The smallest absolute Gasteiger partial charge is 0.445 e. The number of likely N-dealkylation sites (tertiary alicyclic amines) is 1. The number of fused-ring (bicyclic) bond motifs is 1. The van der Waals surface area contributed by atoms with Crippen LogP contribution in [0.5, 0.6) is 0 Å². The number of nitrogens with zero attached hydrogens (tertiary/aromatic N) is 3. The summed E-state index contributed by atoms with van der Waals surface area (Å²) < 4.78 is 61.9. The first kappa shape index (κ1) is 71.5. The van der Waals surface area contributed by atoms with Crippen molar-refractivity contribution in [3.63, 3.8) is 0 Å². The summed E-state index contributed by atoms with van der Waals surface area (Å²) in [5.74, 6) is -5.19. The number of hydrogen-bond donors (Lipinski definition) is 3. The number of nitriles is 1. The minimum Gasteiger partial charge on any atom is -0.445 e. The molecule has 6 rings (SSSR count). The summed E-state index contributed by atoms with van der Waals surface area (Å²) in [5, 5.41) is 19.9. The largest absolute Gasteiger partial charge is 1.00 e. The molecule has 0 aliphatic carbocycles. The van der Waals surface area contributed by atoms with Crippen LogP contribution in [-0.2, 0) is 48.7 Å². The summed E-state index contributed by atoms with van der Waals surface area (Å²) in [5.41, 5.74) is 4.74. The van der Waals surface area contributed by atoms with Crippen molar-refractivity contribution >= 4 is 46.6 Å². The van der Waals surface area contributed by atoms with E-state index in [0.29, 0.717) is 102 Å². The van der Waals surface area contributed by atoms with E-state index in [9.17, 15) is 33.2 Å². The van der Waals surface area contributed by atoms with E-state index in [1.54, 1.807) is 45.0 Å². The molecule has 0 spiro atoms. The van der Waals surface area contributed by atoms with Crippen LogP contribution in [0.1, 0.15) is 86.5 Å². The third-order valence-electron chi connectivity index (χ3n) is 13.8. The van der Waals surface area contributed by atoms with E-state index in [4.69, 9.17) is 35.3 Å². The van der Waals surface area contributed by atoms with E-state index in [1.807, 2.05) is 59.5 Å². The molecule has 4 atom stereocenters. The summed E-state index contributed by atoms with van der Waals surface area (Å²) in [4.78, 5) is 56.0. The number of allylic oxidation sites excluding steroid dienone is 2. The Balaban J connectivity index is 0.00000247. The third kappa shape index (κ3) is 23.0. The van der Waals surface area contributed by atoms with E-state index in [1.165, 1.54) is 30.0 Å². The number of piperidine rings is 1. The Hall–Kier alpha value is -5.96. The van der Waals surface area contributed by atoms with Crippen LogP contribution in [0.3, 0.4) is 0 Å². The van der Waals surface area contributed by atoms with Gasteiger partial charge in [-0.05, 0) is 103 Å².